The Morgan fingerprint density at radius 1 is 1.44 bits per heavy atom. The number of aryl methyl sites for hydroxylation is 3. The molecule has 0 aliphatic heterocycles. The maximum Gasteiger partial charge on any atom is 0.140 e. The van der Waals surface area contributed by atoms with Crippen LogP contribution in [0.5, 0.6) is 0 Å². The predicted octanol–water partition coefficient (Wildman–Crippen LogP) is 1.90. The lowest BCUT2D eigenvalue weighted by Gasteiger charge is -2.14. The number of benzene rings is 1. The van der Waals surface area contributed by atoms with Crippen LogP contribution in [0.25, 0.3) is 0 Å². The third kappa shape index (κ3) is 2.04. The number of rotatable bonds is 3. The topological polar surface area (TPSA) is 42.7 Å². The Balaban J connectivity index is 1.73. The van der Waals surface area contributed by atoms with E-state index in [9.17, 15) is 0 Å². The average Bonchev–Trinajstić information content (AvgIpc) is 2.93. The van der Waals surface area contributed by atoms with Crippen molar-refractivity contribution in [2.24, 2.45) is 7.05 Å². The van der Waals surface area contributed by atoms with Gasteiger partial charge in [-0.1, -0.05) is 23.8 Å². The fourth-order valence-corrected chi connectivity index (χ4v) is 2.63. The molecule has 0 saturated carbocycles. The Morgan fingerprint density at radius 2 is 2.33 bits per heavy atom. The SMILES string of the molecule is Cc1ccc2c(c1)[C@H](NCc1ncnn1C)CC2. The second kappa shape index (κ2) is 4.53. The van der Waals surface area contributed by atoms with Crippen LogP contribution in [0.15, 0.2) is 24.5 Å². The Bertz CT molecular complexity index is 559. The van der Waals surface area contributed by atoms with Crippen molar-refractivity contribution in [2.75, 3.05) is 0 Å². The van der Waals surface area contributed by atoms with Gasteiger partial charge in [0.05, 0.1) is 6.54 Å². The zero-order chi connectivity index (χ0) is 12.5. The molecule has 0 spiro atoms. The van der Waals surface area contributed by atoms with Gasteiger partial charge in [-0.2, -0.15) is 5.10 Å². The van der Waals surface area contributed by atoms with Crippen molar-refractivity contribution in [1.82, 2.24) is 20.1 Å². The predicted molar refractivity (Wildman–Crippen MR) is 70.1 cm³/mol. The quantitative estimate of drug-likeness (QED) is 0.894. The van der Waals surface area contributed by atoms with Gasteiger partial charge in [0.2, 0.25) is 0 Å². The van der Waals surface area contributed by atoms with Gasteiger partial charge in [-0.15, -0.1) is 0 Å². The Morgan fingerprint density at radius 3 is 3.11 bits per heavy atom. The molecule has 1 aromatic heterocycles. The first-order valence-corrected chi connectivity index (χ1v) is 6.40. The number of nitrogens with one attached hydrogen (secondary N) is 1. The first kappa shape index (κ1) is 11.4. The van der Waals surface area contributed by atoms with E-state index in [-0.39, 0.29) is 0 Å². The van der Waals surface area contributed by atoms with Crippen LogP contribution in [-0.4, -0.2) is 14.8 Å². The first-order chi connectivity index (χ1) is 8.74. The highest BCUT2D eigenvalue weighted by atomic mass is 15.3. The lowest BCUT2D eigenvalue weighted by molar-refractivity contribution is 0.506. The maximum absolute atomic E-state index is 4.24. The van der Waals surface area contributed by atoms with E-state index in [1.165, 1.54) is 29.5 Å². The smallest absolute Gasteiger partial charge is 0.140 e. The van der Waals surface area contributed by atoms with Crippen LogP contribution in [0.1, 0.15) is 35.0 Å². The van der Waals surface area contributed by atoms with Gasteiger partial charge in [-0.25, -0.2) is 4.98 Å². The molecule has 4 nitrogen and oxygen atoms in total. The van der Waals surface area contributed by atoms with E-state index < -0.39 is 0 Å². The molecule has 1 aliphatic rings. The molecule has 0 fully saturated rings. The Hall–Kier alpha value is -1.68. The van der Waals surface area contributed by atoms with Gasteiger partial charge in [-0.3, -0.25) is 4.68 Å². The van der Waals surface area contributed by atoms with Crippen molar-refractivity contribution in [1.29, 1.82) is 0 Å². The number of nitrogens with zero attached hydrogens (tertiary/aromatic N) is 3. The lowest BCUT2D eigenvalue weighted by Crippen LogP contribution is -2.21. The van der Waals surface area contributed by atoms with Crippen LogP contribution in [-0.2, 0) is 20.0 Å². The molecule has 1 heterocycles. The normalized spacial score (nSPS) is 18.0. The van der Waals surface area contributed by atoms with Crippen molar-refractivity contribution in [3.05, 3.63) is 47.0 Å². The fourth-order valence-electron chi connectivity index (χ4n) is 2.63. The van der Waals surface area contributed by atoms with E-state index in [0.29, 0.717) is 6.04 Å². The van der Waals surface area contributed by atoms with E-state index in [0.717, 1.165) is 12.4 Å². The number of hydrogen-bond donors (Lipinski definition) is 1. The number of fused-ring (bicyclic) bond motifs is 1. The van der Waals surface area contributed by atoms with E-state index >= 15 is 0 Å². The van der Waals surface area contributed by atoms with E-state index in [2.05, 4.69) is 40.5 Å². The summed E-state index contributed by atoms with van der Waals surface area (Å²) in [7, 11) is 1.93. The average molecular weight is 242 g/mol. The molecule has 3 rings (SSSR count). The third-order valence-corrected chi connectivity index (χ3v) is 3.69. The highest BCUT2D eigenvalue weighted by Crippen LogP contribution is 2.31. The van der Waals surface area contributed by atoms with Crippen molar-refractivity contribution in [2.45, 2.75) is 32.4 Å². The Labute approximate surface area is 107 Å². The summed E-state index contributed by atoms with van der Waals surface area (Å²) in [5, 5.41) is 7.67. The van der Waals surface area contributed by atoms with Crippen molar-refractivity contribution < 1.29 is 0 Å². The van der Waals surface area contributed by atoms with Crippen LogP contribution in [0, 0.1) is 6.92 Å². The van der Waals surface area contributed by atoms with Crippen LogP contribution in [0.3, 0.4) is 0 Å². The summed E-state index contributed by atoms with van der Waals surface area (Å²) in [4.78, 5) is 4.24. The second-order valence-electron chi connectivity index (χ2n) is 4.97. The molecule has 1 aromatic carbocycles. The van der Waals surface area contributed by atoms with Gasteiger partial charge in [0.1, 0.15) is 12.2 Å². The van der Waals surface area contributed by atoms with E-state index in [1.54, 1.807) is 6.33 Å². The molecule has 4 heteroatoms. The third-order valence-electron chi connectivity index (χ3n) is 3.69. The first-order valence-electron chi connectivity index (χ1n) is 6.40. The summed E-state index contributed by atoms with van der Waals surface area (Å²) in [5.74, 6) is 0.983. The Kier molecular flexibility index (Phi) is 2.88. The minimum Gasteiger partial charge on any atom is -0.303 e. The standard InChI is InChI=1S/C14H18N4/c1-10-3-4-11-5-6-13(12(11)7-10)15-8-14-16-9-17-18(14)2/h3-4,7,9,13,15H,5-6,8H2,1-2H3/t13-/m1/s1. The minimum atomic E-state index is 0.455. The summed E-state index contributed by atoms with van der Waals surface area (Å²) in [6.45, 7) is 2.92. The van der Waals surface area contributed by atoms with Gasteiger partial charge in [-0.05, 0) is 30.9 Å². The summed E-state index contributed by atoms with van der Waals surface area (Å²) in [6, 6.07) is 7.21. The zero-order valence-corrected chi connectivity index (χ0v) is 10.8. The van der Waals surface area contributed by atoms with Crippen LogP contribution < -0.4 is 5.32 Å². The molecule has 2 aromatic rings. The van der Waals surface area contributed by atoms with Gasteiger partial charge >= 0.3 is 0 Å². The van der Waals surface area contributed by atoms with Gasteiger partial charge in [0, 0.05) is 13.1 Å². The largest absolute Gasteiger partial charge is 0.303 e. The molecule has 0 unspecified atom stereocenters. The molecule has 18 heavy (non-hydrogen) atoms. The number of hydrogen-bond acceptors (Lipinski definition) is 3. The molecule has 0 radical (unpaired) electrons. The molecule has 0 amide bonds. The molecule has 1 atom stereocenters. The van der Waals surface area contributed by atoms with Gasteiger partial charge < -0.3 is 5.32 Å². The van der Waals surface area contributed by atoms with Crippen LogP contribution in [0.4, 0.5) is 0 Å². The highest BCUT2D eigenvalue weighted by molar-refractivity contribution is 5.37. The molecule has 0 saturated heterocycles. The van der Waals surface area contributed by atoms with Gasteiger partial charge in [0.25, 0.3) is 0 Å². The van der Waals surface area contributed by atoms with Crippen LogP contribution >= 0.6 is 0 Å². The highest BCUT2D eigenvalue weighted by Gasteiger charge is 2.22. The van der Waals surface area contributed by atoms with Crippen molar-refractivity contribution in [3.8, 4) is 0 Å². The summed E-state index contributed by atoms with van der Waals surface area (Å²) < 4.78 is 1.82. The summed E-state index contributed by atoms with van der Waals surface area (Å²) >= 11 is 0. The summed E-state index contributed by atoms with van der Waals surface area (Å²) in [5.41, 5.74) is 4.27. The number of aromatic nitrogens is 3. The fraction of sp³-hybridized carbons (Fsp3) is 0.429. The monoisotopic (exact) mass is 242 g/mol. The van der Waals surface area contributed by atoms with Crippen molar-refractivity contribution in [3.63, 3.8) is 0 Å². The van der Waals surface area contributed by atoms with E-state index in [4.69, 9.17) is 0 Å². The molecule has 0 bridgehead atoms. The van der Waals surface area contributed by atoms with Gasteiger partial charge in [0.15, 0.2) is 0 Å². The molecule has 1 aliphatic carbocycles. The molecule has 1 N–H and O–H groups in total. The maximum atomic E-state index is 4.24. The lowest BCUT2D eigenvalue weighted by atomic mass is 10.1. The molecular weight excluding hydrogens is 224 g/mol. The second-order valence-corrected chi connectivity index (χ2v) is 4.97. The van der Waals surface area contributed by atoms with Crippen LogP contribution in [0.2, 0.25) is 0 Å². The molecular formula is C14H18N4. The zero-order valence-electron chi connectivity index (χ0n) is 10.8. The minimum absolute atomic E-state index is 0.455. The summed E-state index contributed by atoms with van der Waals surface area (Å²) in [6.07, 6.45) is 3.95. The van der Waals surface area contributed by atoms with Crippen molar-refractivity contribution >= 4 is 0 Å². The van der Waals surface area contributed by atoms with E-state index in [1.807, 2.05) is 11.7 Å². The molecule has 94 valence electrons.